The highest BCUT2D eigenvalue weighted by Crippen LogP contribution is 2.35. The molecule has 2 heterocycles. The van der Waals surface area contributed by atoms with Crippen molar-refractivity contribution in [2.45, 2.75) is 25.1 Å². The van der Waals surface area contributed by atoms with Gasteiger partial charge in [-0.3, -0.25) is 4.79 Å². The Kier molecular flexibility index (Phi) is 5.94. The number of halogens is 3. The average molecular weight is 383 g/mol. The van der Waals surface area contributed by atoms with Gasteiger partial charge in [0.15, 0.2) is 5.69 Å². The molecule has 1 aromatic heterocycles. The Balaban J connectivity index is 1.49. The monoisotopic (exact) mass is 383 g/mol. The van der Waals surface area contributed by atoms with E-state index in [0.717, 1.165) is 32.0 Å². The first-order valence-corrected chi connectivity index (χ1v) is 8.65. The highest BCUT2D eigenvalue weighted by molar-refractivity contribution is 5.91. The van der Waals surface area contributed by atoms with E-state index in [1.165, 1.54) is 18.2 Å². The van der Waals surface area contributed by atoms with Crippen molar-refractivity contribution in [3.05, 3.63) is 41.7 Å². The van der Waals surface area contributed by atoms with E-state index < -0.39 is 17.6 Å². The van der Waals surface area contributed by atoms with Crippen LogP contribution in [0.3, 0.4) is 0 Å². The van der Waals surface area contributed by atoms with Crippen LogP contribution in [0, 0.1) is 0 Å². The highest BCUT2D eigenvalue weighted by atomic mass is 19.4. The Labute approximate surface area is 153 Å². The Hall–Kier alpha value is -2.62. The number of hydrogen-bond acceptors (Lipinski definition) is 5. The third kappa shape index (κ3) is 4.97. The van der Waals surface area contributed by atoms with Crippen LogP contribution < -0.4 is 15.4 Å². The molecule has 1 saturated heterocycles. The van der Waals surface area contributed by atoms with Crippen LogP contribution in [0.15, 0.2) is 30.5 Å². The van der Waals surface area contributed by atoms with Crippen molar-refractivity contribution in [3.8, 4) is 5.75 Å². The second-order valence-electron chi connectivity index (χ2n) is 6.16. The molecule has 0 unspecified atom stereocenters. The van der Waals surface area contributed by atoms with Crippen molar-refractivity contribution in [1.29, 1.82) is 0 Å². The van der Waals surface area contributed by atoms with Crippen LogP contribution in [0.5, 0.6) is 5.75 Å². The molecule has 7 nitrogen and oxygen atoms in total. The molecule has 1 fully saturated rings. The minimum Gasteiger partial charge on any atom is -0.491 e. The predicted octanol–water partition coefficient (Wildman–Crippen LogP) is 2.03. The summed E-state index contributed by atoms with van der Waals surface area (Å²) in [6.45, 7) is 1.73. The number of hydrogen-bond donors (Lipinski definition) is 2. The van der Waals surface area contributed by atoms with Crippen LogP contribution in [0.25, 0.3) is 0 Å². The van der Waals surface area contributed by atoms with Crippen molar-refractivity contribution in [3.63, 3.8) is 0 Å². The van der Waals surface area contributed by atoms with E-state index in [1.54, 1.807) is 10.9 Å². The third-order valence-corrected chi connectivity index (χ3v) is 4.26. The molecule has 10 heteroatoms. The molecule has 1 aliphatic rings. The molecule has 3 rings (SSSR count). The van der Waals surface area contributed by atoms with Gasteiger partial charge in [0.1, 0.15) is 12.4 Å². The fourth-order valence-corrected chi connectivity index (χ4v) is 2.87. The van der Waals surface area contributed by atoms with E-state index in [4.69, 9.17) is 4.74 Å². The summed E-state index contributed by atoms with van der Waals surface area (Å²) in [7, 11) is 0. The summed E-state index contributed by atoms with van der Waals surface area (Å²) < 4.78 is 45.5. The lowest BCUT2D eigenvalue weighted by Crippen LogP contribution is -2.30. The SMILES string of the molecule is O=C(NCCOc1ccccc1C(F)(F)F)c1cn(C2CCNCC2)nn1. The number of alkyl halides is 3. The number of benzene rings is 1. The van der Waals surface area contributed by atoms with Gasteiger partial charge in [-0.15, -0.1) is 5.10 Å². The summed E-state index contributed by atoms with van der Waals surface area (Å²) in [4.78, 5) is 12.1. The molecule has 2 aromatic rings. The Morgan fingerprint density at radius 3 is 2.78 bits per heavy atom. The summed E-state index contributed by atoms with van der Waals surface area (Å²) in [5.74, 6) is -0.709. The van der Waals surface area contributed by atoms with Crippen molar-refractivity contribution in [1.82, 2.24) is 25.6 Å². The molecule has 1 aliphatic heterocycles. The van der Waals surface area contributed by atoms with E-state index >= 15 is 0 Å². The maximum Gasteiger partial charge on any atom is 0.419 e. The maximum atomic E-state index is 12.9. The number of rotatable bonds is 6. The van der Waals surface area contributed by atoms with Crippen LogP contribution in [0.4, 0.5) is 13.2 Å². The number of nitrogens with zero attached hydrogens (tertiary/aromatic N) is 3. The summed E-state index contributed by atoms with van der Waals surface area (Å²) in [5.41, 5.74) is -0.675. The number of nitrogens with one attached hydrogen (secondary N) is 2. The number of piperidine rings is 1. The molecule has 1 amide bonds. The number of carbonyl (C=O) groups is 1. The van der Waals surface area contributed by atoms with Gasteiger partial charge in [0.2, 0.25) is 0 Å². The zero-order valence-electron chi connectivity index (χ0n) is 14.5. The second kappa shape index (κ2) is 8.38. The van der Waals surface area contributed by atoms with Crippen molar-refractivity contribution in [2.24, 2.45) is 0 Å². The van der Waals surface area contributed by atoms with E-state index in [2.05, 4.69) is 20.9 Å². The first-order chi connectivity index (χ1) is 12.9. The lowest BCUT2D eigenvalue weighted by molar-refractivity contribution is -0.138. The number of para-hydroxylation sites is 1. The van der Waals surface area contributed by atoms with E-state index in [1.807, 2.05) is 0 Å². The van der Waals surface area contributed by atoms with Crippen LogP contribution >= 0.6 is 0 Å². The second-order valence-corrected chi connectivity index (χ2v) is 6.16. The number of amides is 1. The van der Waals surface area contributed by atoms with Crippen LogP contribution in [0.2, 0.25) is 0 Å². The fraction of sp³-hybridized carbons (Fsp3) is 0.471. The Morgan fingerprint density at radius 1 is 1.30 bits per heavy atom. The average Bonchev–Trinajstić information content (AvgIpc) is 3.16. The zero-order chi connectivity index (χ0) is 19.3. The molecule has 0 saturated carbocycles. The van der Waals surface area contributed by atoms with E-state index in [9.17, 15) is 18.0 Å². The zero-order valence-corrected chi connectivity index (χ0v) is 14.5. The highest BCUT2D eigenvalue weighted by Gasteiger charge is 2.33. The normalized spacial score (nSPS) is 15.5. The van der Waals surface area contributed by atoms with Gasteiger partial charge in [-0.2, -0.15) is 13.2 Å². The minimum atomic E-state index is -4.49. The van der Waals surface area contributed by atoms with Gasteiger partial charge in [0, 0.05) is 0 Å². The van der Waals surface area contributed by atoms with E-state index in [0.29, 0.717) is 0 Å². The van der Waals surface area contributed by atoms with Crippen molar-refractivity contribution < 1.29 is 22.7 Å². The summed E-state index contributed by atoms with van der Waals surface area (Å²) in [6, 6.07) is 5.16. The smallest absolute Gasteiger partial charge is 0.419 e. The van der Waals surface area contributed by atoms with Gasteiger partial charge in [-0.05, 0) is 38.1 Å². The molecule has 0 atom stereocenters. The molecule has 0 spiro atoms. The standard InChI is InChI=1S/C17H20F3N5O2/c18-17(19,20)13-3-1-2-4-15(13)27-10-9-22-16(26)14-11-25(24-23-14)12-5-7-21-8-6-12/h1-4,11-12,21H,5-10H2,(H,22,26). The molecular formula is C17H20F3N5O2. The number of carbonyl (C=O) groups excluding carboxylic acids is 1. The Bertz CT molecular complexity index is 772. The van der Waals surface area contributed by atoms with Crippen LogP contribution in [-0.2, 0) is 6.18 Å². The summed E-state index contributed by atoms with van der Waals surface area (Å²) in [5, 5.41) is 13.7. The lowest BCUT2D eigenvalue weighted by atomic mass is 10.1. The minimum absolute atomic E-state index is 0.0469. The summed E-state index contributed by atoms with van der Waals surface area (Å²) >= 11 is 0. The first kappa shape index (κ1) is 19.2. The molecule has 0 radical (unpaired) electrons. The van der Waals surface area contributed by atoms with Gasteiger partial charge in [-0.25, -0.2) is 4.68 Å². The predicted molar refractivity (Wildman–Crippen MR) is 90.4 cm³/mol. The molecule has 27 heavy (non-hydrogen) atoms. The van der Waals surface area contributed by atoms with Crippen LogP contribution in [0.1, 0.15) is 34.9 Å². The molecular weight excluding hydrogens is 363 g/mol. The number of aromatic nitrogens is 3. The topological polar surface area (TPSA) is 81.1 Å². The fourth-order valence-electron chi connectivity index (χ4n) is 2.87. The Morgan fingerprint density at radius 2 is 2.04 bits per heavy atom. The van der Waals surface area contributed by atoms with Crippen molar-refractivity contribution >= 4 is 5.91 Å². The third-order valence-electron chi connectivity index (χ3n) is 4.26. The maximum absolute atomic E-state index is 12.9. The lowest BCUT2D eigenvalue weighted by Gasteiger charge is -2.22. The number of ether oxygens (including phenoxy) is 1. The molecule has 2 N–H and O–H groups in total. The largest absolute Gasteiger partial charge is 0.491 e. The molecule has 0 aliphatic carbocycles. The van der Waals surface area contributed by atoms with Gasteiger partial charge >= 0.3 is 6.18 Å². The van der Waals surface area contributed by atoms with Gasteiger partial charge < -0.3 is 15.4 Å². The van der Waals surface area contributed by atoms with E-state index in [-0.39, 0.29) is 30.6 Å². The van der Waals surface area contributed by atoms with Crippen molar-refractivity contribution in [2.75, 3.05) is 26.2 Å². The van der Waals surface area contributed by atoms with Crippen LogP contribution in [-0.4, -0.2) is 47.1 Å². The van der Waals surface area contributed by atoms with Gasteiger partial charge in [0.25, 0.3) is 5.91 Å². The summed E-state index contributed by atoms with van der Waals surface area (Å²) in [6.07, 6.45) is -1.08. The van der Waals surface area contributed by atoms with Gasteiger partial charge in [0.05, 0.1) is 24.3 Å². The first-order valence-electron chi connectivity index (χ1n) is 8.65. The quantitative estimate of drug-likeness (QED) is 0.746. The molecule has 1 aromatic carbocycles. The molecule has 0 bridgehead atoms. The molecule has 146 valence electrons. The van der Waals surface area contributed by atoms with Gasteiger partial charge in [-0.1, -0.05) is 17.3 Å².